The van der Waals surface area contributed by atoms with Crippen LogP contribution in [0.15, 0.2) is 78.9 Å². The second-order valence-electron chi connectivity index (χ2n) is 6.20. The summed E-state index contributed by atoms with van der Waals surface area (Å²) in [6, 6.07) is 26.0. The summed E-state index contributed by atoms with van der Waals surface area (Å²) in [6.45, 7) is 0.944. The van der Waals surface area contributed by atoms with Crippen LogP contribution in [0.5, 0.6) is 0 Å². The second kappa shape index (κ2) is 8.12. The third-order valence-corrected chi connectivity index (χ3v) is 5.25. The van der Waals surface area contributed by atoms with Gasteiger partial charge in [0.2, 0.25) is 5.91 Å². The molecule has 0 aliphatic carbocycles. The fourth-order valence-corrected chi connectivity index (χ4v) is 3.78. The lowest BCUT2D eigenvalue weighted by molar-refractivity contribution is -0.115. The van der Waals surface area contributed by atoms with E-state index in [4.69, 9.17) is 0 Å². The van der Waals surface area contributed by atoms with E-state index >= 15 is 0 Å². The van der Waals surface area contributed by atoms with Crippen LogP contribution in [-0.2, 0) is 11.3 Å². The van der Waals surface area contributed by atoms with Crippen LogP contribution >= 0.6 is 11.3 Å². The number of fused-ring (bicyclic) bond motifs is 1. The first-order valence-corrected chi connectivity index (χ1v) is 9.60. The molecule has 1 heterocycles. The highest BCUT2D eigenvalue weighted by Gasteiger charge is 2.07. The predicted molar refractivity (Wildman–Crippen MR) is 112 cm³/mol. The Hall–Kier alpha value is -3.02. The van der Waals surface area contributed by atoms with Gasteiger partial charge < -0.3 is 10.6 Å². The number of amides is 1. The van der Waals surface area contributed by atoms with Gasteiger partial charge in [0.1, 0.15) is 5.01 Å². The first-order chi connectivity index (χ1) is 13.3. The summed E-state index contributed by atoms with van der Waals surface area (Å²) < 4.78 is 1.18. The third-order valence-electron chi connectivity index (χ3n) is 4.17. The summed E-state index contributed by atoms with van der Waals surface area (Å²) in [5.41, 5.74) is 4.01. The molecule has 0 aliphatic rings. The molecule has 5 heteroatoms. The van der Waals surface area contributed by atoms with Crippen molar-refractivity contribution in [1.82, 2.24) is 10.3 Å². The van der Waals surface area contributed by atoms with Crippen molar-refractivity contribution in [2.45, 2.75) is 6.54 Å². The number of hydrogen-bond acceptors (Lipinski definition) is 4. The van der Waals surface area contributed by atoms with E-state index in [0.717, 1.165) is 27.3 Å². The van der Waals surface area contributed by atoms with Crippen molar-refractivity contribution in [3.63, 3.8) is 0 Å². The summed E-state index contributed by atoms with van der Waals surface area (Å²) in [5, 5.41) is 7.05. The number of carbonyl (C=O) groups is 1. The van der Waals surface area contributed by atoms with Crippen molar-refractivity contribution in [2.24, 2.45) is 0 Å². The summed E-state index contributed by atoms with van der Waals surface area (Å²) in [5.74, 6) is -0.0568. The Kier molecular flexibility index (Phi) is 5.23. The number of para-hydroxylation sites is 1. The van der Waals surface area contributed by atoms with Crippen LogP contribution in [0.2, 0.25) is 0 Å². The highest BCUT2D eigenvalue weighted by molar-refractivity contribution is 7.21. The maximum Gasteiger partial charge on any atom is 0.238 e. The Morgan fingerprint density at radius 2 is 1.63 bits per heavy atom. The fourth-order valence-electron chi connectivity index (χ4n) is 2.81. The van der Waals surface area contributed by atoms with Crippen molar-refractivity contribution >= 4 is 33.1 Å². The van der Waals surface area contributed by atoms with E-state index in [1.165, 1.54) is 4.70 Å². The number of hydrogen-bond donors (Lipinski definition) is 2. The standard InChI is InChI=1S/C22H19N3OS/c26-21(15-23-14-16-6-2-1-3-7-16)24-18-12-10-17(11-13-18)22-25-19-8-4-5-9-20(19)27-22/h1-13,23H,14-15H2,(H,24,26). The van der Waals surface area contributed by atoms with Gasteiger partial charge in [0.05, 0.1) is 16.8 Å². The molecule has 1 amide bonds. The Labute approximate surface area is 161 Å². The summed E-state index contributed by atoms with van der Waals surface area (Å²) in [7, 11) is 0. The molecule has 0 atom stereocenters. The largest absolute Gasteiger partial charge is 0.325 e. The molecule has 0 radical (unpaired) electrons. The predicted octanol–water partition coefficient (Wildman–Crippen LogP) is 4.69. The van der Waals surface area contributed by atoms with Crippen LogP contribution < -0.4 is 10.6 Å². The summed E-state index contributed by atoms with van der Waals surface area (Å²) in [6.07, 6.45) is 0. The SMILES string of the molecule is O=C(CNCc1ccccc1)Nc1ccc(-c2nc3ccccc3s2)cc1. The molecule has 0 saturated heterocycles. The van der Waals surface area contributed by atoms with Gasteiger partial charge in [-0.2, -0.15) is 0 Å². The van der Waals surface area contributed by atoms with Crippen molar-refractivity contribution in [2.75, 3.05) is 11.9 Å². The van der Waals surface area contributed by atoms with E-state index in [9.17, 15) is 4.79 Å². The van der Waals surface area contributed by atoms with Gasteiger partial charge in [-0.25, -0.2) is 4.98 Å². The maximum absolute atomic E-state index is 12.1. The number of carbonyl (C=O) groups excluding carboxylic acids is 1. The number of rotatable bonds is 6. The van der Waals surface area contributed by atoms with Crippen LogP contribution in [0.25, 0.3) is 20.8 Å². The van der Waals surface area contributed by atoms with Crippen molar-refractivity contribution in [1.29, 1.82) is 0 Å². The monoisotopic (exact) mass is 373 g/mol. The lowest BCUT2D eigenvalue weighted by Crippen LogP contribution is -2.27. The Balaban J connectivity index is 1.34. The summed E-state index contributed by atoms with van der Waals surface area (Å²) >= 11 is 1.67. The number of anilines is 1. The first-order valence-electron chi connectivity index (χ1n) is 8.78. The minimum Gasteiger partial charge on any atom is -0.325 e. The molecule has 0 spiro atoms. The molecular formula is C22H19N3OS. The molecular weight excluding hydrogens is 354 g/mol. The van der Waals surface area contributed by atoms with Gasteiger partial charge >= 0.3 is 0 Å². The van der Waals surface area contributed by atoms with Gasteiger partial charge in [0.15, 0.2) is 0 Å². The topological polar surface area (TPSA) is 54.0 Å². The zero-order valence-electron chi connectivity index (χ0n) is 14.7. The quantitative estimate of drug-likeness (QED) is 0.515. The van der Waals surface area contributed by atoms with E-state index in [0.29, 0.717) is 6.54 Å². The van der Waals surface area contributed by atoms with E-state index in [2.05, 4.69) is 21.7 Å². The van der Waals surface area contributed by atoms with Crippen LogP contribution in [0, 0.1) is 0 Å². The molecule has 3 aromatic carbocycles. The highest BCUT2D eigenvalue weighted by atomic mass is 32.1. The van der Waals surface area contributed by atoms with E-state index < -0.39 is 0 Å². The Morgan fingerprint density at radius 1 is 0.889 bits per heavy atom. The molecule has 27 heavy (non-hydrogen) atoms. The van der Waals surface area contributed by atoms with E-state index in [1.807, 2.05) is 72.8 Å². The minimum atomic E-state index is -0.0568. The number of benzene rings is 3. The number of thiazole rings is 1. The lowest BCUT2D eigenvalue weighted by Gasteiger charge is -2.07. The smallest absolute Gasteiger partial charge is 0.238 e. The van der Waals surface area contributed by atoms with Gasteiger partial charge in [-0.05, 0) is 42.0 Å². The minimum absolute atomic E-state index is 0.0568. The molecule has 0 fully saturated rings. The van der Waals surface area contributed by atoms with Crippen LogP contribution in [0.1, 0.15) is 5.56 Å². The second-order valence-corrected chi connectivity index (χ2v) is 7.23. The normalized spacial score (nSPS) is 10.8. The van der Waals surface area contributed by atoms with Gasteiger partial charge in [0.25, 0.3) is 0 Å². The van der Waals surface area contributed by atoms with Gasteiger partial charge in [-0.3, -0.25) is 4.79 Å². The van der Waals surface area contributed by atoms with Crippen LogP contribution in [-0.4, -0.2) is 17.4 Å². The average molecular weight is 373 g/mol. The lowest BCUT2D eigenvalue weighted by atomic mass is 10.2. The van der Waals surface area contributed by atoms with Crippen molar-refractivity contribution < 1.29 is 4.79 Å². The van der Waals surface area contributed by atoms with Crippen LogP contribution in [0.4, 0.5) is 5.69 Å². The molecule has 0 unspecified atom stereocenters. The number of nitrogens with one attached hydrogen (secondary N) is 2. The van der Waals surface area contributed by atoms with E-state index in [1.54, 1.807) is 11.3 Å². The zero-order chi connectivity index (χ0) is 18.5. The maximum atomic E-state index is 12.1. The highest BCUT2D eigenvalue weighted by Crippen LogP contribution is 2.30. The van der Waals surface area contributed by atoms with Crippen LogP contribution in [0.3, 0.4) is 0 Å². The molecule has 134 valence electrons. The molecule has 4 nitrogen and oxygen atoms in total. The molecule has 0 aliphatic heterocycles. The Morgan fingerprint density at radius 3 is 2.41 bits per heavy atom. The number of aromatic nitrogens is 1. The molecule has 1 aromatic heterocycles. The van der Waals surface area contributed by atoms with E-state index in [-0.39, 0.29) is 12.5 Å². The molecule has 2 N–H and O–H groups in total. The zero-order valence-corrected chi connectivity index (χ0v) is 15.5. The Bertz CT molecular complexity index is 1010. The average Bonchev–Trinajstić information content (AvgIpc) is 3.13. The third kappa shape index (κ3) is 4.39. The number of nitrogens with zero attached hydrogens (tertiary/aromatic N) is 1. The van der Waals surface area contributed by atoms with Gasteiger partial charge in [-0.15, -0.1) is 11.3 Å². The van der Waals surface area contributed by atoms with Gasteiger partial charge in [-0.1, -0.05) is 42.5 Å². The first kappa shape index (κ1) is 17.4. The van der Waals surface area contributed by atoms with Gasteiger partial charge in [0, 0.05) is 17.8 Å². The van der Waals surface area contributed by atoms with Crippen molar-refractivity contribution in [3.05, 3.63) is 84.4 Å². The molecule has 4 aromatic rings. The molecule has 4 rings (SSSR count). The molecule has 0 saturated carbocycles. The van der Waals surface area contributed by atoms with Crippen molar-refractivity contribution in [3.8, 4) is 10.6 Å². The summed E-state index contributed by atoms with van der Waals surface area (Å²) in [4.78, 5) is 16.8. The molecule has 0 bridgehead atoms. The fraction of sp³-hybridized carbons (Fsp3) is 0.0909.